The van der Waals surface area contributed by atoms with Crippen molar-refractivity contribution in [2.75, 3.05) is 4.90 Å². The highest BCUT2D eigenvalue weighted by Crippen LogP contribution is 2.39. The molecule has 4 rings (SSSR count). The Kier molecular flexibility index (Phi) is 3.33. The van der Waals surface area contributed by atoms with Crippen molar-refractivity contribution < 1.29 is 9.59 Å². The number of anilines is 1. The van der Waals surface area contributed by atoms with Crippen molar-refractivity contribution in [1.82, 2.24) is 9.78 Å². The summed E-state index contributed by atoms with van der Waals surface area (Å²) < 4.78 is 2.67. The average molecular weight is 358 g/mol. The topological polar surface area (TPSA) is 55.2 Å². The van der Waals surface area contributed by atoms with Crippen molar-refractivity contribution in [3.05, 3.63) is 47.0 Å². The number of aromatic nitrogens is 2. The number of amides is 2. The van der Waals surface area contributed by atoms with Crippen LogP contribution in [0.5, 0.6) is 0 Å². The van der Waals surface area contributed by atoms with Gasteiger partial charge in [0.25, 0.3) is 11.8 Å². The van der Waals surface area contributed by atoms with Crippen molar-refractivity contribution in [1.29, 1.82) is 0 Å². The molecular formula is C17H12ClN3O2S. The Bertz CT molecular complexity index is 1030. The van der Waals surface area contributed by atoms with Crippen LogP contribution in [0.1, 0.15) is 5.56 Å². The molecule has 120 valence electrons. The fourth-order valence-corrected chi connectivity index (χ4v) is 4.16. The maximum absolute atomic E-state index is 11.9. The zero-order chi connectivity index (χ0) is 17.0. The van der Waals surface area contributed by atoms with Gasteiger partial charge in [0, 0.05) is 35.0 Å². The standard InChI is InChI=1S/C17H12ClN3O2S/c1-9-11-7-10(18)3-4-13(11)24-17(9)12-8-14(20(2)19-12)21-15(22)5-6-16(21)23/h3-8H,1-2H3. The van der Waals surface area contributed by atoms with Gasteiger partial charge in [-0.1, -0.05) is 11.6 Å². The minimum atomic E-state index is -0.352. The molecule has 1 aromatic carbocycles. The minimum Gasteiger partial charge on any atom is -0.269 e. The third kappa shape index (κ3) is 2.18. The summed E-state index contributed by atoms with van der Waals surface area (Å²) in [5.41, 5.74) is 1.81. The van der Waals surface area contributed by atoms with Crippen LogP contribution in [0.4, 0.5) is 5.82 Å². The number of imide groups is 1. The molecule has 3 aromatic rings. The van der Waals surface area contributed by atoms with Crippen LogP contribution in [-0.4, -0.2) is 21.6 Å². The predicted molar refractivity (Wildman–Crippen MR) is 95.4 cm³/mol. The fraction of sp³-hybridized carbons (Fsp3) is 0.118. The summed E-state index contributed by atoms with van der Waals surface area (Å²) >= 11 is 7.70. The molecular weight excluding hydrogens is 346 g/mol. The molecule has 0 radical (unpaired) electrons. The molecule has 24 heavy (non-hydrogen) atoms. The molecule has 0 aliphatic carbocycles. The highest BCUT2D eigenvalue weighted by Gasteiger charge is 2.28. The van der Waals surface area contributed by atoms with Gasteiger partial charge >= 0.3 is 0 Å². The lowest BCUT2D eigenvalue weighted by Crippen LogP contribution is -2.31. The highest BCUT2D eigenvalue weighted by molar-refractivity contribution is 7.22. The zero-order valence-electron chi connectivity index (χ0n) is 12.9. The molecule has 0 N–H and O–H groups in total. The average Bonchev–Trinajstić information content (AvgIpc) is 3.17. The van der Waals surface area contributed by atoms with Crippen LogP contribution in [-0.2, 0) is 16.6 Å². The lowest BCUT2D eigenvalue weighted by Gasteiger charge is -2.12. The van der Waals surface area contributed by atoms with Crippen LogP contribution in [0.2, 0.25) is 5.02 Å². The number of rotatable bonds is 2. The summed E-state index contributed by atoms with van der Waals surface area (Å²) in [7, 11) is 1.72. The number of nitrogens with zero attached hydrogens (tertiary/aromatic N) is 3. The fourth-order valence-electron chi connectivity index (χ4n) is 2.84. The number of aryl methyl sites for hydroxylation is 2. The first-order chi connectivity index (χ1) is 11.5. The van der Waals surface area contributed by atoms with Gasteiger partial charge in [0.15, 0.2) is 0 Å². The van der Waals surface area contributed by atoms with E-state index in [4.69, 9.17) is 11.6 Å². The zero-order valence-corrected chi connectivity index (χ0v) is 14.5. The Morgan fingerprint density at radius 1 is 1.12 bits per heavy atom. The van der Waals surface area contributed by atoms with Gasteiger partial charge in [0.1, 0.15) is 11.5 Å². The Morgan fingerprint density at radius 3 is 2.54 bits per heavy atom. The first-order valence-electron chi connectivity index (χ1n) is 7.25. The second-order valence-electron chi connectivity index (χ2n) is 5.55. The van der Waals surface area contributed by atoms with E-state index in [-0.39, 0.29) is 11.8 Å². The largest absolute Gasteiger partial charge is 0.269 e. The first kappa shape index (κ1) is 15.1. The second kappa shape index (κ2) is 5.29. The van der Waals surface area contributed by atoms with Crippen molar-refractivity contribution in [2.24, 2.45) is 7.05 Å². The molecule has 0 bridgehead atoms. The van der Waals surface area contributed by atoms with E-state index in [1.807, 2.05) is 25.1 Å². The lowest BCUT2D eigenvalue weighted by atomic mass is 10.1. The van der Waals surface area contributed by atoms with Crippen molar-refractivity contribution in [3.8, 4) is 10.6 Å². The number of fused-ring (bicyclic) bond motifs is 1. The summed E-state index contributed by atoms with van der Waals surface area (Å²) in [6.45, 7) is 2.02. The third-order valence-corrected chi connectivity index (χ3v) is 5.55. The maximum atomic E-state index is 11.9. The summed E-state index contributed by atoms with van der Waals surface area (Å²) in [5, 5.41) is 6.27. The minimum absolute atomic E-state index is 0.352. The molecule has 0 unspecified atom stereocenters. The van der Waals surface area contributed by atoms with Crippen LogP contribution < -0.4 is 4.90 Å². The van der Waals surface area contributed by atoms with Crippen LogP contribution >= 0.6 is 22.9 Å². The number of benzene rings is 1. The number of halogens is 1. The smallest absolute Gasteiger partial charge is 0.259 e. The molecule has 0 fully saturated rings. The van der Waals surface area contributed by atoms with Gasteiger partial charge in [0.2, 0.25) is 0 Å². The third-order valence-electron chi connectivity index (χ3n) is 4.02. The molecule has 3 heterocycles. The SMILES string of the molecule is Cc1c(-c2cc(N3C(=O)C=CC3=O)n(C)n2)sc2ccc(Cl)cc12. The van der Waals surface area contributed by atoms with Crippen LogP contribution in [0.25, 0.3) is 20.7 Å². The van der Waals surface area contributed by atoms with E-state index < -0.39 is 0 Å². The van der Waals surface area contributed by atoms with Gasteiger partial charge in [-0.15, -0.1) is 11.3 Å². The molecule has 1 aliphatic heterocycles. The maximum Gasteiger partial charge on any atom is 0.259 e. The number of thiophene rings is 1. The molecule has 0 atom stereocenters. The van der Waals surface area contributed by atoms with E-state index in [1.54, 1.807) is 29.1 Å². The van der Waals surface area contributed by atoms with E-state index in [0.29, 0.717) is 10.8 Å². The summed E-state index contributed by atoms with van der Waals surface area (Å²) in [5.74, 6) is -0.247. The molecule has 0 spiro atoms. The summed E-state index contributed by atoms with van der Waals surface area (Å²) in [6, 6.07) is 7.55. The van der Waals surface area contributed by atoms with Crippen molar-refractivity contribution in [3.63, 3.8) is 0 Å². The molecule has 7 heteroatoms. The van der Waals surface area contributed by atoms with Crippen molar-refractivity contribution in [2.45, 2.75) is 6.92 Å². The molecule has 2 amide bonds. The lowest BCUT2D eigenvalue weighted by molar-refractivity contribution is -0.120. The van der Waals surface area contributed by atoms with E-state index in [0.717, 1.165) is 31.1 Å². The quantitative estimate of drug-likeness (QED) is 0.657. The van der Waals surface area contributed by atoms with Gasteiger partial charge in [-0.05, 0) is 36.1 Å². The van der Waals surface area contributed by atoms with Crippen LogP contribution in [0.15, 0.2) is 36.4 Å². The molecule has 0 saturated heterocycles. The molecule has 2 aromatic heterocycles. The predicted octanol–water partition coefficient (Wildman–Crippen LogP) is 3.69. The van der Waals surface area contributed by atoms with E-state index in [1.165, 1.54) is 12.2 Å². The highest BCUT2D eigenvalue weighted by atomic mass is 35.5. The first-order valence-corrected chi connectivity index (χ1v) is 8.44. The summed E-state index contributed by atoms with van der Waals surface area (Å²) in [4.78, 5) is 25.9. The Labute approximate surface area is 146 Å². The molecule has 1 aliphatic rings. The van der Waals surface area contributed by atoms with E-state index in [9.17, 15) is 9.59 Å². The number of hydrogen-bond donors (Lipinski definition) is 0. The monoisotopic (exact) mass is 357 g/mol. The van der Waals surface area contributed by atoms with Crippen LogP contribution in [0, 0.1) is 6.92 Å². The van der Waals surface area contributed by atoms with Gasteiger partial charge in [-0.2, -0.15) is 5.10 Å². The number of carbonyl (C=O) groups is 2. The Hall–Kier alpha value is -2.44. The second-order valence-corrected chi connectivity index (χ2v) is 7.04. The van der Waals surface area contributed by atoms with Gasteiger partial charge in [-0.3, -0.25) is 14.3 Å². The van der Waals surface area contributed by atoms with Crippen LogP contribution in [0.3, 0.4) is 0 Å². The normalized spacial score (nSPS) is 14.4. The van der Waals surface area contributed by atoms with Gasteiger partial charge in [0.05, 0.1) is 4.88 Å². The molecule has 5 nitrogen and oxygen atoms in total. The van der Waals surface area contributed by atoms with E-state index in [2.05, 4.69) is 5.10 Å². The summed E-state index contributed by atoms with van der Waals surface area (Å²) in [6.07, 6.45) is 2.53. The molecule has 0 saturated carbocycles. The van der Waals surface area contributed by atoms with Gasteiger partial charge in [-0.25, -0.2) is 4.90 Å². The van der Waals surface area contributed by atoms with E-state index >= 15 is 0 Å². The number of carbonyl (C=O) groups excluding carboxylic acids is 2. The van der Waals surface area contributed by atoms with Gasteiger partial charge < -0.3 is 0 Å². The number of hydrogen-bond acceptors (Lipinski definition) is 4. The Balaban J connectivity index is 1.84. The van der Waals surface area contributed by atoms with Crippen molar-refractivity contribution >= 4 is 50.7 Å². The Morgan fingerprint density at radius 2 is 1.83 bits per heavy atom.